The molecule has 0 saturated carbocycles. The Labute approximate surface area is 176 Å². The van der Waals surface area contributed by atoms with E-state index in [-0.39, 0.29) is 29.6 Å². The number of carbonyl (C=O) groups is 1. The van der Waals surface area contributed by atoms with E-state index in [9.17, 15) is 9.18 Å². The molecule has 3 aromatic rings. The third-order valence-corrected chi connectivity index (χ3v) is 5.48. The van der Waals surface area contributed by atoms with Crippen molar-refractivity contribution >= 4 is 17.4 Å². The number of aromatic nitrogens is 3. The van der Waals surface area contributed by atoms with E-state index in [0.29, 0.717) is 18.7 Å². The van der Waals surface area contributed by atoms with Crippen LogP contribution in [-0.2, 0) is 11.2 Å². The molecule has 0 bridgehead atoms. The van der Waals surface area contributed by atoms with Crippen molar-refractivity contribution in [3.05, 3.63) is 59.9 Å². The van der Waals surface area contributed by atoms with Crippen LogP contribution in [0.4, 0.5) is 10.2 Å². The van der Waals surface area contributed by atoms with Crippen molar-refractivity contribution in [1.82, 2.24) is 19.3 Å². The first-order chi connectivity index (χ1) is 14.3. The van der Waals surface area contributed by atoms with Gasteiger partial charge < -0.3 is 10.2 Å². The monoisotopic (exact) mass is 409 g/mol. The Morgan fingerprint density at radius 3 is 2.67 bits per heavy atom. The number of halogens is 1. The van der Waals surface area contributed by atoms with E-state index in [1.54, 1.807) is 30.6 Å². The van der Waals surface area contributed by atoms with Gasteiger partial charge in [0.15, 0.2) is 5.65 Å². The lowest BCUT2D eigenvalue weighted by Gasteiger charge is -2.32. The highest BCUT2D eigenvalue weighted by Gasteiger charge is 2.29. The molecule has 30 heavy (non-hydrogen) atoms. The van der Waals surface area contributed by atoms with E-state index in [1.165, 1.54) is 6.07 Å². The van der Waals surface area contributed by atoms with E-state index in [4.69, 9.17) is 4.98 Å². The number of piperidine rings is 1. The van der Waals surface area contributed by atoms with E-state index >= 15 is 0 Å². The van der Waals surface area contributed by atoms with Gasteiger partial charge in [0, 0.05) is 36.9 Å². The van der Waals surface area contributed by atoms with Crippen LogP contribution < -0.4 is 5.32 Å². The Morgan fingerprint density at radius 1 is 1.23 bits per heavy atom. The SMILES string of the molecule is CC(C)(C)Nc1c(C2CCN(C(=O)Cc3ccccc3F)CC2)nc2cnccn12. The van der Waals surface area contributed by atoms with Gasteiger partial charge in [0.2, 0.25) is 5.91 Å². The number of carbonyl (C=O) groups excluding carboxylic acids is 1. The molecule has 0 unspecified atom stereocenters. The van der Waals surface area contributed by atoms with Gasteiger partial charge in [0.1, 0.15) is 11.6 Å². The van der Waals surface area contributed by atoms with Gasteiger partial charge in [0.25, 0.3) is 0 Å². The van der Waals surface area contributed by atoms with Gasteiger partial charge in [0.05, 0.1) is 18.3 Å². The minimum Gasteiger partial charge on any atom is -0.365 e. The molecule has 4 rings (SSSR count). The topological polar surface area (TPSA) is 62.5 Å². The average Bonchev–Trinajstić information content (AvgIpc) is 3.07. The molecule has 7 heteroatoms. The second-order valence-electron chi connectivity index (χ2n) is 8.95. The lowest BCUT2D eigenvalue weighted by Crippen LogP contribution is -2.39. The summed E-state index contributed by atoms with van der Waals surface area (Å²) in [6.45, 7) is 7.68. The molecule has 158 valence electrons. The van der Waals surface area contributed by atoms with Gasteiger partial charge in [-0.1, -0.05) is 18.2 Å². The van der Waals surface area contributed by atoms with Crippen LogP contribution in [0.25, 0.3) is 5.65 Å². The highest BCUT2D eigenvalue weighted by Crippen LogP contribution is 2.34. The van der Waals surface area contributed by atoms with E-state index in [1.807, 2.05) is 15.5 Å². The number of hydrogen-bond acceptors (Lipinski definition) is 4. The zero-order valence-corrected chi connectivity index (χ0v) is 17.7. The van der Waals surface area contributed by atoms with Crippen LogP contribution in [0.5, 0.6) is 0 Å². The van der Waals surface area contributed by atoms with Gasteiger partial charge in [-0.25, -0.2) is 9.37 Å². The van der Waals surface area contributed by atoms with Gasteiger partial charge in [-0.3, -0.25) is 14.2 Å². The largest absolute Gasteiger partial charge is 0.365 e. The summed E-state index contributed by atoms with van der Waals surface area (Å²) in [5, 5.41) is 3.59. The first kappa shape index (κ1) is 20.3. The van der Waals surface area contributed by atoms with Crippen LogP contribution in [0.3, 0.4) is 0 Å². The summed E-state index contributed by atoms with van der Waals surface area (Å²) in [4.78, 5) is 23.6. The summed E-state index contributed by atoms with van der Waals surface area (Å²) in [6, 6.07) is 6.48. The van der Waals surface area contributed by atoms with Crippen molar-refractivity contribution in [2.75, 3.05) is 18.4 Å². The molecule has 0 atom stereocenters. The summed E-state index contributed by atoms with van der Waals surface area (Å²) in [6.07, 6.45) is 7.22. The summed E-state index contributed by atoms with van der Waals surface area (Å²) >= 11 is 0. The second-order valence-corrected chi connectivity index (χ2v) is 8.95. The summed E-state index contributed by atoms with van der Waals surface area (Å²) in [7, 11) is 0. The first-order valence-corrected chi connectivity index (χ1v) is 10.4. The first-order valence-electron chi connectivity index (χ1n) is 10.4. The van der Waals surface area contributed by atoms with Crippen molar-refractivity contribution in [2.24, 2.45) is 0 Å². The third-order valence-electron chi connectivity index (χ3n) is 5.48. The predicted molar refractivity (Wildman–Crippen MR) is 115 cm³/mol. The van der Waals surface area contributed by atoms with Crippen LogP contribution in [0.15, 0.2) is 42.9 Å². The molecule has 1 aliphatic heterocycles. The van der Waals surface area contributed by atoms with Crippen LogP contribution in [0.1, 0.15) is 50.8 Å². The Morgan fingerprint density at radius 2 is 1.97 bits per heavy atom. The fraction of sp³-hybridized carbons (Fsp3) is 0.435. The normalized spacial score (nSPS) is 15.5. The molecule has 3 heterocycles. The minimum atomic E-state index is -0.322. The van der Waals surface area contributed by atoms with Gasteiger partial charge in [-0.2, -0.15) is 0 Å². The molecular formula is C23H28FN5O. The van der Waals surface area contributed by atoms with Crippen molar-refractivity contribution < 1.29 is 9.18 Å². The lowest BCUT2D eigenvalue weighted by molar-refractivity contribution is -0.131. The van der Waals surface area contributed by atoms with Gasteiger partial charge in [-0.05, 0) is 45.2 Å². The van der Waals surface area contributed by atoms with Crippen LogP contribution in [0, 0.1) is 5.82 Å². The molecule has 0 aliphatic carbocycles. The molecular weight excluding hydrogens is 381 g/mol. The predicted octanol–water partition coefficient (Wildman–Crippen LogP) is 4.03. The zero-order chi connectivity index (χ0) is 21.3. The third kappa shape index (κ3) is 4.30. The number of likely N-dealkylation sites (tertiary alicyclic amines) is 1. The number of fused-ring (bicyclic) bond motifs is 1. The molecule has 2 aromatic heterocycles. The molecule has 1 amide bonds. The molecule has 6 nitrogen and oxygen atoms in total. The van der Waals surface area contributed by atoms with E-state index < -0.39 is 0 Å². The number of imidazole rings is 1. The number of rotatable bonds is 4. The number of amides is 1. The number of hydrogen-bond donors (Lipinski definition) is 1. The standard InChI is InChI=1S/C23H28FN5O/c1-23(2,3)27-22-21(26-19-15-25-10-13-29(19)22)16-8-11-28(12-9-16)20(30)14-17-6-4-5-7-18(17)24/h4-7,10,13,15-16,27H,8-9,11-12,14H2,1-3H3. The quantitative estimate of drug-likeness (QED) is 0.707. The zero-order valence-electron chi connectivity index (χ0n) is 17.7. The minimum absolute atomic E-state index is 0.0224. The fourth-order valence-electron chi connectivity index (χ4n) is 4.01. The van der Waals surface area contributed by atoms with Gasteiger partial charge >= 0.3 is 0 Å². The highest BCUT2D eigenvalue weighted by atomic mass is 19.1. The molecule has 0 spiro atoms. The fourth-order valence-corrected chi connectivity index (χ4v) is 4.01. The summed E-state index contributed by atoms with van der Waals surface area (Å²) in [5.74, 6) is 0.908. The highest BCUT2D eigenvalue weighted by molar-refractivity contribution is 5.79. The number of anilines is 1. The van der Waals surface area contributed by atoms with Crippen molar-refractivity contribution in [3.8, 4) is 0 Å². The molecule has 1 N–H and O–H groups in total. The van der Waals surface area contributed by atoms with Crippen LogP contribution >= 0.6 is 0 Å². The van der Waals surface area contributed by atoms with Crippen molar-refractivity contribution in [1.29, 1.82) is 0 Å². The Hall–Kier alpha value is -2.96. The number of benzene rings is 1. The van der Waals surface area contributed by atoms with Crippen molar-refractivity contribution in [3.63, 3.8) is 0 Å². The molecule has 1 fully saturated rings. The van der Waals surface area contributed by atoms with Crippen LogP contribution in [0.2, 0.25) is 0 Å². The Kier molecular flexibility index (Phi) is 5.45. The van der Waals surface area contributed by atoms with E-state index in [0.717, 1.165) is 30.0 Å². The maximum absolute atomic E-state index is 13.9. The molecule has 1 aliphatic rings. The summed E-state index contributed by atoms with van der Waals surface area (Å²) in [5.41, 5.74) is 2.19. The maximum atomic E-state index is 13.9. The maximum Gasteiger partial charge on any atom is 0.227 e. The van der Waals surface area contributed by atoms with Crippen molar-refractivity contribution in [2.45, 2.75) is 51.5 Å². The Bertz CT molecular complexity index is 1050. The smallest absolute Gasteiger partial charge is 0.227 e. The van der Waals surface area contributed by atoms with Gasteiger partial charge in [-0.15, -0.1) is 0 Å². The Balaban J connectivity index is 1.49. The molecule has 1 aromatic carbocycles. The second kappa shape index (κ2) is 8.05. The number of nitrogens with zero attached hydrogens (tertiary/aromatic N) is 4. The molecule has 1 saturated heterocycles. The average molecular weight is 410 g/mol. The number of nitrogens with one attached hydrogen (secondary N) is 1. The molecule has 0 radical (unpaired) electrons. The van der Waals surface area contributed by atoms with E-state index in [2.05, 4.69) is 31.1 Å². The lowest BCUT2D eigenvalue weighted by atomic mass is 9.92. The van der Waals surface area contributed by atoms with Crippen LogP contribution in [-0.4, -0.2) is 43.8 Å². The summed E-state index contributed by atoms with van der Waals surface area (Å²) < 4.78 is 15.9.